The van der Waals surface area contributed by atoms with E-state index in [-0.39, 0.29) is 0 Å². The Hall–Kier alpha value is -0.410. The summed E-state index contributed by atoms with van der Waals surface area (Å²) < 4.78 is 0. The van der Waals surface area contributed by atoms with Crippen LogP contribution in [0.1, 0.15) is 50.2 Å². The quantitative estimate of drug-likeness (QED) is 0.769. The Balaban J connectivity index is 2.32. The van der Waals surface area contributed by atoms with Gasteiger partial charge in [0.05, 0.1) is 0 Å². The maximum Gasteiger partial charge on any atom is 0.107 e. The molecule has 2 nitrogen and oxygen atoms in total. The third kappa shape index (κ3) is 4.76. The first-order valence-corrected chi connectivity index (χ1v) is 6.78. The first-order chi connectivity index (χ1) is 7.26. The van der Waals surface area contributed by atoms with Crippen molar-refractivity contribution in [2.24, 2.45) is 0 Å². The fourth-order valence-corrected chi connectivity index (χ4v) is 2.48. The number of nitrogens with zero attached hydrogens (tertiary/aromatic N) is 1. The lowest BCUT2D eigenvalue weighted by atomic mass is 10.1. The van der Waals surface area contributed by atoms with Crippen molar-refractivity contribution in [3.05, 3.63) is 16.1 Å². The van der Waals surface area contributed by atoms with Crippen LogP contribution in [0.3, 0.4) is 0 Å². The molecular formula is C12H22N2S. The van der Waals surface area contributed by atoms with E-state index in [0.29, 0.717) is 6.04 Å². The zero-order valence-corrected chi connectivity index (χ0v) is 10.9. The predicted octanol–water partition coefficient (Wildman–Crippen LogP) is 3.51. The second-order valence-corrected chi connectivity index (χ2v) is 4.98. The van der Waals surface area contributed by atoms with Crippen molar-refractivity contribution in [1.82, 2.24) is 10.3 Å². The zero-order valence-electron chi connectivity index (χ0n) is 10.0. The largest absolute Gasteiger partial charge is 0.308 e. The smallest absolute Gasteiger partial charge is 0.107 e. The fourth-order valence-electron chi connectivity index (χ4n) is 1.76. The number of hydrogen-bond acceptors (Lipinski definition) is 3. The van der Waals surface area contributed by atoms with Crippen LogP contribution in [0.5, 0.6) is 0 Å². The Morgan fingerprint density at radius 3 is 2.47 bits per heavy atom. The van der Waals surface area contributed by atoms with Gasteiger partial charge in [-0.3, -0.25) is 0 Å². The molecule has 0 aromatic carbocycles. The topological polar surface area (TPSA) is 24.9 Å². The van der Waals surface area contributed by atoms with Crippen LogP contribution >= 0.6 is 11.3 Å². The summed E-state index contributed by atoms with van der Waals surface area (Å²) in [7, 11) is 0. The van der Waals surface area contributed by atoms with Crippen molar-refractivity contribution in [3.63, 3.8) is 0 Å². The maximum absolute atomic E-state index is 4.46. The molecule has 0 saturated heterocycles. The van der Waals surface area contributed by atoms with Gasteiger partial charge in [-0.05, 0) is 19.8 Å². The Kier molecular flexibility index (Phi) is 5.88. The molecule has 0 radical (unpaired) electrons. The van der Waals surface area contributed by atoms with Gasteiger partial charge in [0.1, 0.15) is 5.01 Å². The minimum absolute atomic E-state index is 0.671. The third-order valence-electron chi connectivity index (χ3n) is 2.48. The zero-order chi connectivity index (χ0) is 11.1. The summed E-state index contributed by atoms with van der Waals surface area (Å²) in [4.78, 5) is 4.46. The highest BCUT2D eigenvalue weighted by molar-refractivity contribution is 7.09. The van der Waals surface area contributed by atoms with Gasteiger partial charge in [0, 0.05) is 23.7 Å². The van der Waals surface area contributed by atoms with Crippen LogP contribution in [0.15, 0.2) is 5.38 Å². The van der Waals surface area contributed by atoms with Gasteiger partial charge >= 0.3 is 0 Å². The predicted molar refractivity (Wildman–Crippen MR) is 67.3 cm³/mol. The van der Waals surface area contributed by atoms with Crippen LogP contribution in [0.2, 0.25) is 0 Å². The first-order valence-electron chi connectivity index (χ1n) is 5.90. The molecule has 0 saturated carbocycles. The first kappa shape index (κ1) is 12.7. The van der Waals surface area contributed by atoms with Crippen LogP contribution in [0, 0.1) is 6.92 Å². The summed E-state index contributed by atoms with van der Waals surface area (Å²) in [5.74, 6) is 0. The van der Waals surface area contributed by atoms with E-state index in [1.165, 1.54) is 30.7 Å². The van der Waals surface area contributed by atoms with Gasteiger partial charge in [-0.2, -0.15) is 0 Å². The Labute approximate surface area is 97.1 Å². The van der Waals surface area contributed by atoms with E-state index in [2.05, 4.69) is 36.5 Å². The van der Waals surface area contributed by atoms with Gasteiger partial charge in [0.15, 0.2) is 0 Å². The number of aryl methyl sites for hydroxylation is 1. The second kappa shape index (κ2) is 6.96. The molecule has 1 rings (SSSR count). The van der Waals surface area contributed by atoms with Crippen LogP contribution < -0.4 is 5.32 Å². The molecule has 0 bridgehead atoms. The summed E-state index contributed by atoms with van der Waals surface area (Å²) in [6.45, 7) is 7.48. The molecule has 0 aliphatic rings. The molecular weight excluding hydrogens is 204 g/mol. The minimum atomic E-state index is 0.671. The molecule has 1 aromatic rings. The molecule has 0 atom stereocenters. The number of hydrogen-bond donors (Lipinski definition) is 1. The van der Waals surface area contributed by atoms with E-state index in [9.17, 15) is 0 Å². The summed E-state index contributed by atoms with van der Waals surface area (Å²) in [6, 6.07) is 0.671. The van der Waals surface area contributed by atoms with Crippen LogP contribution in [-0.2, 0) is 6.54 Å². The van der Waals surface area contributed by atoms with Crippen molar-refractivity contribution in [2.75, 3.05) is 0 Å². The van der Waals surface area contributed by atoms with Crippen molar-refractivity contribution < 1.29 is 0 Å². The third-order valence-corrected chi connectivity index (χ3v) is 3.45. The van der Waals surface area contributed by atoms with Crippen LogP contribution in [0.25, 0.3) is 0 Å². The minimum Gasteiger partial charge on any atom is -0.308 e. The van der Waals surface area contributed by atoms with E-state index in [0.717, 1.165) is 12.2 Å². The van der Waals surface area contributed by atoms with Gasteiger partial charge in [-0.25, -0.2) is 4.98 Å². The molecule has 0 aliphatic carbocycles. The average molecular weight is 226 g/mol. The Morgan fingerprint density at radius 2 is 2.00 bits per heavy atom. The average Bonchev–Trinajstić information content (AvgIpc) is 2.61. The van der Waals surface area contributed by atoms with E-state index >= 15 is 0 Å². The molecule has 0 fully saturated rings. The van der Waals surface area contributed by atoms with Crippen molar-refractivity contribution >= 4 is 11.3 Å². The van der Waals surface area contributed by atoms with Gasteiger partial charge in [-0.1, -0.05) is 26.7 Å². The molecule has 0 aliphatic heterocycles. The Morgan fingerprint density at radius 1 is 1.33 bits per heavy atom. The normalized spacial score (nSPS) is 11.2. The van der Waals surface area contributed by atoms with Gasteiger partial charge < -0.3 is 5.32 Å². The fraction of sp³-hybridized carbons (Fsp3) is 0.750. The lowest BCUT2D eigenvalue weighted by molar-refractivity contribution is 0.442. The number of nitrogens with one attached hydrogen (secondary N) is 1. The second-order valence-electron chi connectivity index (χ2n) is 4.04. The van der Waals surface area contributed by atoms with E-state index in [4.69, 9.17) is 0 Å². The van der Waals surface area contributed by atoms with E-state index in [1.54, 1.807) is 11.3 Å². The molecule has 3 heteroatoms. The summed E-state index contributed by atoms with van der Waals surface area (Å²) in [5.41, 5.74) is 1.14. The van der Waals surface area contributed by atoms with Crippen LogP contribution in [0.4, 0.5) is 0 Å². The molecule has 0 amide bonds. The highest BCUT2D eigenvalue weighted by Crippen LogP contribution is 2.10. The highest BCUT2D eigenvalue weighted by Gasteiger charge is 2.06. The molecule has 86 valence electrons. The lowest BCUT2D eigenvalue weighted by Crippen LogP contribution is -2.28. The van der Waals surface area contributed by atoms with Gasteiger partial charge in [-0.15, -0.1) is 11.3 Å². The molecule has 1 N–H and O–H groups in total. The summed E-state index contributed by atoms with van der Waals surface area (Å²) in [6.07, 6.45) is 5.07. The van der Waals surface area contributed by atoms with Gasteiger partial charge in [0.25, 0.3) is 0 Å². The molecule has 1 aromatic heterocycles. The van der Waals surface area contributed by atoms with Crippen molar-refractivity contribution in [1.29, 1.82) is 0 Å². The maximum atomic E-state index is 4.46. The number of aromatic nitrogens is 1. The summed E-state index contributed by atoms with van der Waals surface area (Å²) in [5, 5.41) is 6.93. The monoisotopic (exact) mass is 226 g/mol. The van der Waals surface area contributed by atoms with Crippen molar-refractivity contribution in [3.8, 4) is 0 Å². The molecule has 15 heavy (non-hydrogen) atoms. The lowest BCUT2D eigenvalue weighted by Gasteiger charge is -2.16. The molecule has 1 heterocycles. The SMILES string of the molecule is CCCC(CCC)NCc1nc(C)cs1. The molecule has 0 unspecified atom stereocenters. The van der Waals surface area contributed by atoms with Gasteiger partial charge in [0.2, 0.25) is 0 Å². The number of rotatable bonds is 7. The molecule has 0 spiro atoms. The standard InChI is InChI=1S/C12H22N2S/c1-4-6-11(7-5-2)13-8-12-14-10(3)9-15-12/h9,11,13H,4-8H2,1-3H3. The van der Waals surface area contributed by atoms with E-state index in [1.807, 2.05) is 0 Å². The summed E-state index contributed by atoms with van der Waals surface area (Å²) >= 11 is 1.75. The van der Waals surface area contributed by atoms with E-state index < -0.39 is 0 Å². The van der Waals surface area contributed by atoms with Crippen LogP contribution in [-0.4, -0.2) is 11.0 Å². The highest BCUT2D eigenvalue weighted by atomic mass is 32.1. The Bertz CT molecular complexity index is 264. The number of thiazole rings is 1. The van der Waals surface area contributed by atoms with Crippen molar-refractivity contribution in [2.45, 2.75) is 59.0 Å².